The molecule has 0 aliphatic carbocycles. The normalized spacial score (nSPS) is 9.69. The fourth-order valence-electron chi connectivity index (χ4n) is 1.19. The summed E-state index contributed by atoms with van der Waals surface area (Å²) in [6, 6.07) is 7.71. The van der Waals surface area contributed by atoms with E-state index in [1.165, 1.54) is 0 Å². The van der Waals surface area contributed by atoms with Crippen molar-refractivity contribution in [2.75, 3.05) is 7.05 Å². The van der Waals surface area contributed by atoms with E-state index in [-0.39, 0.29) is 5.91 Å². The van der Waals surface area contributed by atoms with Gasteiger partial charge < -0.3 is 11.1 Å². The molecule has 70 valence electrons. The maximum Gasteiger partial charge on any atom is 0.224 e. The molecule has 0 saturated heterocycles. The highest BCUT2D eigenvalue weighted by Gasteiger charge is 2.03. The SMILES string of the molecule is CNC(=O)Cc1ccccc1CN. The average molecular weight is 178 g/mol. The Labute approximate surface area is 77.9 Å². The van der Waals surface area contributed by atoms with Gasteiger partial charge in [-0.1, -0.05) is 24.3 Å². The molecule has 0 radical (unpaired) electrons. The van der Waals surface area contributed by atoms with Crippen LogP contribution >= 0.6 is 0 Å². The van der Waals surface area contributed by atoms with Crippen molar-refractivity contribution >= 4 is 5.91 Å². The van der Waals surface area contributed by atoms with Crippen LogP contribution in [0.15, 0.2) is 24.3 Å². The minimum Gasteiger partial charge on any atom is -0.359 e. The van der Waals surface area contributed by atoms with Gasteiger partial charge in [-0.25, -0.2) is 0 Å². The number of carbonyl (C=O) groups excluding carboxylic acids is 1. The molecule has 1 aromatic carbocycles. The fourth-order valence-corrected chi connectivity index (χ4v) is 1.19. The predicted molar refractivity (Wildman–Crippen MR) is 52.1 cm³/mol. The molecule has 0 aliphatic heterocycles. The van der Waals surface area contributed by atoms with Gasteiger partial charge in [-0.2, -0.15) is 0 Å². The van der Waals surface area contributed by atoms with Crippen LogP contribution in [0.5, 0.6) is 0 Å². The first-order valence-corrected chi connectivity index (χ1v) is 4.25. The highest BCUT2D eigenvalue weighted by atomic mass is 16.1. The Morgan fingerprint density at radius 2 is 2.00 bits per heavy atom. The molecule has 13 heavy (non-hydrogen) atoms. The second kappa shape index (κ2) is 4.62. The molecule has 0 atom stereocenters. The summed E-state index contributed by atoms with van der Waals surface area (Å²) >= 11 is 0. The van der Waals surface area contributed by atoms with Crippen molar-refractivity contribution in [1.82, 2.24) is 5.32 Å². The molecule has 0 fully saturated rings. The number of hydrogen-bond acceptors (Lipinski definition) is 2. The fraction of sp³-hybridized carbons (Fsp3) is 0.300. The number of benzene rings is 1. The number of nitrogens with two attached hydrogens (primary N) is 1. The van der Waals surface area contributed by atoms with E-state index in [4.69, 9.17) is 5.73 Å². The third-order valence-electron chi connectivity index (χ3n) is 1.97. The van der Waals surface area contributed by atoms with Crippen molar-refractivity contribution in [2.45, 2.75) is 13.0 Å². The largest absolute Gasteiger partial charge is 0.359 e. The smallest absolute Gasteiger partial charge is 0.224 e. The van der Waals surface area contributed by atoms with Crippen LogP contribution < -0.4 is 11.1 Å². The molecule has 0 unspecified atom stereocenters. The van der Waals surface area contributed by atoms with Crippen LogP contribution in [0.4, 0.5) is 0 Å². The number of carbonyl (C=O) groups is 1. The lowest BCUT2D eigenvalue weighted by Gasteiger charge is -2.05. The first-order chi connectivity index (χ1) is 6.27. The van der Waals surface area contributed by atoms with Gasteiger partial charge in [-0.05, 0) is 11.1 Å². The summed E-state index contributed by atoms with van der Waals surface area (Å²) in [5.41, 5.74) is 7.57. The van der Waals surface area contributed by atoms with Gasteiger partial charge in [0.15, 0.2) is 0 Å². The summed E-state index contributed by atoms with van der Waals surface area (Å²) in [6.45, 7) is 0.479. The molecule has 1 aromatic rings. The van der Waals surface area contributed by atoms with Crippen LogP contribution in [-0.2, 0) is 17.8 Å². The van der Waals surface area contributed by atoms with Crippen LogP contribution in [0.1, 0.15) is 11.1 Å². The van der Waals surface area contributed by atoms with E-state index < -0.39 is 0 Å². The molecule has 3 heteroatoms. The molecular formula is C10H14N2O. The Hall–Kier alpha value is -1.35. The van der Waals surface area contributed by atoms with E-state index in [2.05, 4.69) is 5.32 Å². The molecule has 1 amide bonds. The molecule has 0 heterocycles. The monoisotopic (exact) mass is 178 g/mol. The molecule has 0 spiro atoms. The zero-order valence-corrected chi connectivity index (χ0v) is 7.71. The quantitative estimate of drug-likeness (QED) is 0.705. The van der Waals surface area contributed by atoms with Crippen molar-refractivity contribution in [3.63, 3.8) is 0 Å². The van der Waals surface area contributed by atoms with Crippen LogP contribution in [0.3, 0.4) is 0 Å². The average Bonchev–Trinajstić information content (AvgIpc) is 2.18. The number of hydrogen-bond donors (Lipinski definition) is 2. The zero-order chi connectivity index (χ0) is 9.68. The summed E-state index contributed by atoms with van der Waals surface area (Å²) < 4.78 is 0. The van der Waals surface area contributed by atoms with Crippen molar-refractivity contribution in [1.29, 1.82) is 0 Å². The van der Waals surface area contributed by atoms with Crippen LogP contribution in [0.25, 0.3) is 0 Å². The second-order valence-electron chi connectivity index (χ2n) is 2.82. The summed E-state index contributed by atoms with van der Waals surface area (Å²) in [5, 5.41) is 2.59. The van der Waals surface area contributed by atoms with Gasteiger partial charge in [-0.3, -0.25) is 4.79 Å². The Morgan fingerprint density at radius 3 is 2.54 bits per heavy atom. The van der Waals surface area contributed by atoms with E-state index in [1.807, 2.05) is 24.3 Å². The van der Waals surface area contributed by atoms with Crippen LogP contribution in [0, 0.1) is 0 Å². The van der Waals surface area contributed by atoms with Crippen molar-refractivity contribution < 1.29 is 4.79 Å². The molecule has 0 aliphatic rings. The third-order valence-corrected chi connectivity index (χ3v) is 1.97. The van der Waals surface area contributed by atoms with Gasteiger partial charge in [0.05, 0.1) is 6.42 Å². The Balaban J connectivity index is 2.81. The first-order valence-electron chi connectivity index (χ1n) is 4.25. The highest BCUT2D eigenvalue weighted by Crippen LogP contribution is 2.08. The van der Waals surface area contributed by atoms with E-state index in [0.717, 1.165) is 11.1 Å². The molecular weight excluding hydrogens is 164 g/mol. The number of amides is 1. The molecule has 0 bridgehead atoms. The number of rotatable bonds is 3. The van der Waals surface area contributed by atoms with E-state index in [9.17, 15) is 4.79 Å². The standard InChI is InChI=1S/C10H14N2O/c1-12-10(13)6-8-4-2-3-5-9(8)7-11/h2-5H,6-7,11H2,1H3,(H,12,13). The summed E-state index contributed by atoms with van der Waals surface area (Å²) in [5.74, 6) is 0.0147. The highest BCUT2D eigenvalue weighted by molar-refractivity contribution is 5.78. The van der Waals surface area contributed by atoms with Crippen molar-refractivity contribution in [3.8, 4) is 0 Å². The summed E-state index contributed by atoms with van der Waals surface area (Å²) in [4.78, 5) is 11.1. The Kier molecular flexibility index (Phi) is 3.46. The Morgan fingerprint density at radius 1 is 1.38 bits per heavy atom. The lowest BCUT2D eigenvalue weighted by Crippen LogP contribution is -2.20. The number of likely N-dealkylation sites (N-methyl/N-ethyl adjacent to an activating group) is 1. The molecule has 3 nitrogen and oxygen atoms in total. The minimum absolute atomic E-state index is 0.0147. The lowest BCUT2D eigenvalue weighted by atomic mass is 10.0. The maximum absolute atomic E-state index is 11.1. The van der Waals surface area contributed by atoms with Gasteiger partial charge in [-0.15, -0.1) is 0 Å². The van der Waals surface area contributed by atoms with E-state index in [1.54, 1.807) is 7.05 Å². The zero-order valence-electron chi connectivity index (χ0n) is 7.71. The van der Waals surface area contributed by atoms with Crippen LogP contribution in [0.2, 0.25) is 0 Å². The van der Waals surface area contributed by atoms with Gasteiger partial charge in [0.25, 0.3) is 0 Å². The first kappa shape index (κ1) is 9.74. The summed E-state index contributed by atoms with van der Waals surface area (Å²) in [7, 11) is 1.63. The molecule has 3 N–H and O–H groups in total. The van der Waals surface area contributed by atoms with Gasteiger partial charge in [0.2, 0.25) is 5.91 Å². The van der Waals surface area contributed by atoms with Gasteiger partial charge in [0, 0.05) is 13.6 Å². The van der Waals surface area contributed by atoms with Gasteiger partial charge >= 0.3 is 0 Å². The molecule has 0 aromatic heterocycles. The topological polar surface area (TPSA) is 55.1 Å². The van der Waals surface area contributed by atoms with Crippen molar-refractivity contribution in [2.24, 2.45) is 5.73 Å². The molecule has 0 saturated carbocycles. The second-order valence-corrected chi connectivity index (χ2v) is 2.82. The van der Waals surface area contributed by atoms with E-state index in [0.29, 0.717) is 13.0 Å². The summed E-state index contributed by atoms with van der Waals surface area (Å²) in [6.07, 6.45) is 0.407. The van der Waals surface area contributed by atoms with E-state index >= 15 is 0 Å². The Bertz CT molecular complexity index is 297. The third kappa shape index (κ3) is 2.56. The van der Waals surface area contributed by atoms with Gasteiger partial charge in [0.1, 0.15) is 0 Å². The number of nitrogens with one attached hydrogen (secondary N) is 1. The predicted octanol–water partition coefficient (Wildman–Crippen LogP) is 0.434. The molecule has 1 rings (SSSR count). The maximum atomic E-state index is 11.1. The lowest BCUT2D eigenvalue weighted by molar-refractivity contribution is -0.119. The minimum atomic E-state index is 0.0147. The van der Waals surface area contributed by atoms with Crippen molar-refractivity contribution in [3.05, 3.63) is 35.4 Å². The van der Waals surface area contributed by atoms with Crippen LogP contribution in [-0.4, -0.2) is 13.0 Å².